The maximum atomic E-state index is 12.7. The summed E-state index contributed by atoms with van der Waals surface area (Å²) in [4.78, 5) is 18.1. The first-order valence-electron chi connectivity index (χ1n) is 7.70. The van der Waals surface area contributed by atoms with Crippen LogP contribution in [0.25, 0.3) is 0 Å². The van der Waals surface area contributed by atoms with Crippen LogP contribution >= 0.6 is 11.8 Å². The third-order valence-electron chi connectivity index (χ3n) is 3.64. The molecule has 0 fully saturated rings. The summed E-state index contributed by atoms with van der Waals surface area (Å²) in [6.07, 6.45) is 1.71. The van der Waals surface area contributed by atoms with E-state index in [1.165, 1.54) is 17.3 Å². The number of amides is 1. The predicted molar refractivity (Wildman–Crippen MR) is 98.7 cm³/mol. The summed E-state index contributed by atoms with van der Waals surface area (Å²) in [5.41, 5.74) is 3.63. The van der Waals surface area contributed by atoms with Crippen LogP contribution in [0.15, 0.2) is 76.8 Å². The van der Waals surface area contributed by atoms with Gasteiger partial charge in [-0.3, -0.25) is 4.79 Å². The molecule has 3 aromatic rings. The van der Waals surface area contributed by atoms with Crippen molar-refractivity contribution in [2.45, 2.75) is 23.8 Å². The molecule has 120 valence electrons. The number of rotatable bonds is 4. The zero-order valence-electron chi connectivity index (χ0n) is 13.6. The average molecular weight is 334 g/mol. The smallest absolute Gasteiger partial charge is 0.258 e. The van der Waals surface area contributed by atoms with Gasteiger partial charge < -0.3 is 5.32 Å². The molecule has 2 aromatic carbocycles. The SMILES string of the molecule is Cc1ccc(Sc2ncccc2C(=O)Nc2ccccc2C)cc1. The number of pyridine rings is 1. The van der Waals surface area contributed by atoms with E-state index < -0.39 is 0 Å². The van der Waals surface area contributed by atoms with Gasteiger partial charge in [-0.05, 0) is 49.7 Å². The standard InChI is InChI=1S/C20H18N2OS/c1-14-9-11-16(12-10-14)24-20-17(7-5-13-21-20)19(23)22-18-8-4-3-6-15(18)2/h3-13H,1-2H3,(H,22,23). The minimum absolute atomic E-state index is 0.146. The van der Waals surface area contributed by atoms with Crippen molar-refractivity contribution in [3.05, 3.63) is 83.6 Å². The highest BCUT2D eigenvalue weighted by molar-refractivity contribution is 7.99. The van der Waals surface area contributed by atoms with Gasteiger partial charge in [0.05, 0.1) is 5.56 Å². The topological polar surface area (TPSA) is 42.0 Å². The molecule has 0 spiro atoms. The Hall–Kier alpha value is -2.59. The van der Waals surface area contributed by atoms with Crippen molar-refractivity contribution < 1.29 is 4.79 Å². The van der Waals surface area contributed by atoms with Crippen LogP contribution in [0.2, 0.25) is 0 Å². The van der Waals surface area contributed by atoms with Crippen molar-refractivity contribution in [2.75, 3.05) is 5.32 Å². The van der Waals surface area contributed by atoms with Gasteiger partial charge >= 0.3 is 0 Å². The Labute approximate surface area is 146 Å². The lowest BCUT2D eigenvalue weighted by molar-refractivity contribution is 0.102. The fourth-order valence-corrected chi connectivity index (χ4v) is 3.15. The van der Waals surface area contributed by atoms with Gasteiger partial charge in [0.15, 0.2) is 0 Å². The predicted octanol–water partition coefficient (Wildman–Crippen LogP) is 5.10. The maximum Gasteiger partial charge on any atom is 0.258 e. The van der Waals surface area contributed by atoms with Crippen molar-refractivity contribution in [1.29, 1.82) is 0 Å². The first-order valence-corrected chi connectivity index (χ1v) is 8.51. The van der Waals surface area contributed by atoms with E-state index in [0.717, 1.165) is 16.1 Å². The summed E-state index contributed by atoms with van der Waals surface area (Å²) in [6.45, 7) is 4.02. The lowest BCUT2D eigenvalue weighted by atomic mass is 10.2. The van der Waals surface area contributed by atoms with Crippen LogP contribution in [0, 0.1) is 13.8 Å². The number of nitrogens with one attached hydrogen (secondary N) is 1. The lowest BCUT2D eigenvalue weighted by Crippen LogP contribution is -2.14. The molecule has 0 saturated heterocycles. The molecule has 0 saturated carbocycles. The molecule has 0 aliphatic rings. The zero-order valence-corrected chi connectivity index (χ0v) is 14.4. The number of para-hydroxylation sites is 1. The normalized spacial score (nSPS) is 10.4. The van der Waals surface area contributed by atoms with E-state index in [0.29, 0.717) is 10.6 Å². The van der Waals surface area contributed by atoms with Crippen LogP contribution in [0.3, 0.4) is 0 Å². The third-order valence-corrected chi connectivity index (χ3v) is 4.67. The minimum atomic E-state index is -0.146. The molecule has 1 amide bonds. The number of hydrogen-bond acceptors (Lipinski definition) is 3. The summed E-state index contributed by atoms with van der Waals surface area (Å²) in [5.74, 6) is -0.146. The second kappa shape index (κ2) is 7.32. The largest absolute Gasteiger partial charge is 0.322 e. The molecular weight excluding hydrogens is 316 g/mol. The minimum Gasteiger partial charge on any atom is -0.322 e. The van der Waals surface area contributed by atoms with E-state index in [2.05, 4.69) is 29.4 Å². The molecule has 3 rings (SSSR count). The number of aromatic nitrogens is 1. The van der Waals surface area contributed by atoms with Crippen molar-refractivity contribution in [2.24, 2.45) is 0 Å². The number of anilines is 1. The van der Waals surface area contributed by atoms with E-state index >= 15 is 0 Å². The van der Waals surface area contributed by atoms with Crippen molar-refractivity contribution >= 4 is 23.4 Å². The van der Waals surface area contributed by atoms with Gasteiger partial charge in [0.1, 0.15) is 5.03 Å². The van der Waals surface area contributed by atoms with E-state index in [1.807, 2.05) is 43.3 Å². The quantitative estimate of drug-likeness (QED) is 0.721. The van der Waals surface area contributed by atoms with Crippen molar-refractivity contribution in [3.63, 3.8) is 0 Å². The molecule has 4 heteroatoms. The molecule has 0 aliphatic heterocycles. The first kappa shape index (κ1) is 16.3. The van der Waals surface area contributed by atoms with E-state index in [-0.39, 0.29) is 5.91 Å². The molecule has 1 N–H and O–H groups in total. The third kappa shape index (κ3) is 3.84. The molecule has 1 heterocycles. The second-order valence-electron chi connectivity index (χ2n) is 5.54. The molecule has 3 nitrogen and oxygen atoms in total. The van der Waals surface area contributed by atoms with Crippen LogP contribution in [0.1, 0.15) is 21.5 Å². The highest BCUT2D eigenvalue weighted by Crippen LogP contribution is 2.29. The molecule has 1 aromatic heterocycles. The summed E-state index contributed by atoms with van der Waals surface area (Å²) < 4.78 is 0. The Morgan fingerprint density at radius 3 is 2.46 bits per heavy atom. The lowest BCUT2D eigenvalue weighted by Gasteiger charge is -2.11. The molecule has 0 bridgehead atoms. The zero-order chi connectivity index (χ0) is 16.9. The number of hydrogen-bond donors (Lipinski definition) is 1. The van der Waals surface area contributed by atoms with Crippen molar-refractivity contribution in [3.8, 4) is 0 Å². The van der Waals surface area contributed by atoms with Crippen molar-refractivity contribution in [1.82, 2.24) is 4.98 Å². The highest BCUT2D eigenvalue weighted by Gasteiger charge is 2.14. The summed E-state index contributed by atoms with van der Waals surface area (Å²) in [5, 5.41) is 3.67. The Kier molecular flexibility index (Phi) is 4.96. The molecular formula is C20H18N2OS. The number of carbonyl (C=O) groups excluding carboxylic acids is 1. The van der Waals surface area contributed by atoms with Gasteiger partial charge in [0.2, 0.25) is 0 Å². The van der Waals surface area contributed by atoms with Gasteiger partial charge in [0, 0.05) is 16.8 Å². The highest BCUT2D eigenvalue weighted by atomic mass is 32.2. The van der Waals surface area contributed by atoms with E-state index in [1.54, 1.807) is 18.3 Å². The summed E-state index contributed by atoms with van der Waals surface area (Å²) in [7, 11) is 0. The Morgan fingerprint density at radius 2 is 1.71 bits per heavy atom. The number of aryl methyl sites for hydroxylation is 2. The van der Waals surface area contributed by atoms with Gasteiger partial charge in [-0.15, -0.1) is 0 Å². The van der Waals surface area contributed by atoms with Gasteiger partial charge in [0.25, 0.3) is 5.91 Å². The van der Waals surface area contributed by atoms with E-state index in [4.69, 9.17) is 0 Å². The first-order chi connectivity index (χ1) is 11.6. The summed E-state index contributed by atoms with van der Waals surface area (Å²) >= 11 is 1.49. The molecule has 24 heavy (non-hydrogen) atoms. The van der Waals surface area contributed by atoms with Gasteiger partial charge in [-0.25, -0.2) is 4.98 Å². The fraction of sp³-hybridized carbons (Fsp3) is 0.100. The monoisotopic (exact) mass is 334 g/mol. The maximum absolute atomic E-state index is 12.7. The Morgan fingerprint density at radius 1 is 0.958 bits per heavy atom. The average Bonchev–Trinajstić information content (AvgIpc) is 2.59. The van der Waals surface area contributed by atoms with Crippen LogP contribution in [-0.2, 0) is 0 Å². The van der Waals surface area contributed by atoms with Crippen LogP contribution in [0.4, 0.5) is 5.69 Å². The number of carbonyl (C=O) groups is 1. The van der Waals surface area contributed by atoms with Gasteiger partial charge in [-0.1, -0.05) is 47.7 Å². The molecule has 0 aliphatic carbocycles. The summed E-state index contributed by atoms with van der Waals surface area (Å²) in [6, 6.07) is 19.5. The van der Waals surface area contributed by atoms with Gasteiger partial charge in [-0.2, -0.15) is 0 Å². The van der Waals surface area contributed by atoms with Crippen LogP contribution < -0.4 is 5.32 Å². The van der Waals surface area contributed by atoms with Crippen LogP contribution in [-0.4, -0.2) is 10.9 Å². The number of nitrogens with zero attached hydrogens (tertiary/aromatic N) is 1. The number of benzene rings is 2. The van der Waals surface area contributed by atoms with E-state index in [9.17, 15) is 4.79 Å². The Bertz CT molecular complexity index is 860. The fourth-order valence-electron chi connectivity index (χ4n) is 2.27. The molecule has 0 radical (unpaired) electrons. The second-order valence-corrected chi connectivity index (χ2v) is 6.60. The Balaban J connectivity index is 1.84. The van der Waals surface area contributed by atoms with Crippen LogP contribution in [0.5, 0.6) is 0 Å². The molecule has 0 atom stereocenters. The molecule has 0 unspecified atom stereocenters.